The van der Waals surface area contributed by atoms with Crippen molar-refractivity contribution in [2.75, 3.05) is 0 Å². The number of hydrogen-bond donors (Lipinski definition) is 0. The van der Waals surface area contributed by atoms with Crippen LogP contribution in [0.3, 0.4) is 0 Å². The Kier molecular flexibility index (Phi) is 4.59. The number of rotatable bonds is 4. The van der Waals surface area contributed by atoms with Gasteiger partial charge < -0.3 is 4.90 Å². The zero-order chi connectivity index (χ0) is 14.8. The highest BCUT2D eigenvalue weighted by Gasteiger charge is 2.33. The molecule has 1 amide bonds. The first-order valence-electron chi connectivity index (χ1n) is 6.80. The predicted molar refractivity (Wildman–Crippen MR) is 94.0 cm³/mol. The highest BCUT2D eigenvalue weighted by molar-refractivity contribution is 14.1. The Hall–Kier alpha value is -0.950. The molecule has 5 heteroatoms. The molecule has 0 atom stereocenters. The number of halogens is 2. The third-order valence-electron chi connectivity index (χ3n) is 3.48. The molecule has 1 aliphatic rings. The molecule has 0 N–H and O–H groups in total. The molecule has 0 radical (unpaired) electrons. The van der Waals surface area contributed by atoms with E-state index in [0.29, 0.717) is 12.6 Å². The van der Waals surface area contributed by atoms with Gasteiger partial charge in [0.15, 0.2) is 0 Å². The molecule has 3 nitrogen and oxygen atoms in total. The molecule has 1 aromatic carbocycles. The van der Waals surface area contributed by atoms with Crippen molar-refractivity contribution < 1.29 is 4.79 Å². The standard InChI is InChI=1S/C16H14BrIN2O/c17-15-6-3-12(18)8-14(15)16(21)20(13-4-5-13)10-11-2-1-7-19-9-11/h1-3,6-9,13H,4-5,10H2. The molecule has 0 unspecified atom stereocenters. The Morgan fingerprint density at radius 2 is 2.19 bits per heavy atom. The van der Waals surface area contributed by atoms with Gasteiger partial charge in [0.1, 0.15) is 0 Å². The SMILES string of the molecule is O=C(c1cc(I)ccc1Br)N(Cc1cccnc1)C1CC1. The number of carbonyl (C=O) groups is 1. The first-order chi connectivity index (χ1) is 10.1. The van der Waals surface area contributed by atoms with Crippen LogP contribution in [0.2, 0.25) is 0 Å². The lowest BCUT2D eigenvalue weighted by molar-refractivity contribution is 0.0729. The lowest BCUT2D eigenvalue weighted by atomic mass is 10.1. The van der Waals surface area contributed by atoms with Crippen LogP contribution in [0.1, 0.15) is 28.8 Å². The second-order valence-electron chi connectivity index (χ2n) is 5.15. The number of amides is 1. The molecule has 0 saturated heterocycles. The van der Waals surface area contributed by atoms with Gasteiger partial charge in [-0.2, -0.15) is 0 Å². The molecule has 1 aromatic heterocycles. The Bertz CT molecular complexity index is 659. The zero-order valence-corrected chi connectivity index (χ0v) is 15.0. The molecule has 0 aliphatic heterocycles. The van der Waals surface area contributed by atoms with Gasteiger partial charge in [-0.25, -0.2) is 0 Å². The maximum atomic E-state index is 12.9. The van der Waals surface area contributed by atoms with E-state index in [1.54, 1.807) is 6.20 Å². The quantitative estimate of drug-likeness (QED) is 0.644. The number of pyridine rings is 1. The molecule has 1 heterocycles. The average molecular weight is 457 g/mol. The van der Waals surface area contributed by atoms with E-state index in [-0.39, 0.29) is 5.91 Å². The normalized spacial score (nSPS) is 14.0. The fraction of sp³-hybridized carbons (Fsp3) is 0.250. The molecule has 0 spiro atoms. The van der Waals surface area contributed by atoms with Crippen molar-refractivity contribution in [2.24, 2.45) is 0 Å². The third kappa shape index (κ3) is 3.63. The zero-order valence-electron chi connectivity index (χ0n) is 11.3. The van der Waals surface area contributed by atoms with Crippen LogP contribution in [0.25, 0.3) is 0 Å². The lowest BCUT2D eigenvalue weighted by Crippen LogP contribution is -2.33. The van der Waals surface area contributed by atoms with Gasteiger partial charge in [-0.05, 0) is 81.2 Å². The second kappa shape index (κ2) is 6.44. The van der Waals surface area contributed by atoms with Crippen LogP contribution in [0, 0.1) is 3.57 Å². The monoisotopic (exact) mass is 456 g/mol. The Labute approximate surface area is 146 Å². The molecule has 1 fully saturated rings. The Morgan fingerprint density at radius 3 is 2.86 bits per heavy atom. The van der Waals surface area contributed by atoms with Gasteiger partial charge in [-0.15, -0.1) is 0 Å². The molecule has 1 saturated carbocycles. The van der Waals surface area contributed by atoms with Gasteiger partial charge in [0, 0.05) is 33.0 Å². The van der Waals surface area contributed by atoms with E-state index in [1.165, 1.54) is 0 Å². The summed E-state index contributed by atoms with van der Waals surface area (Å²) >= 11 is 5.73. The second-order valence-corrected chi connectivity index (χ2v) is 7.25. The van der Waals surface area contributed by atoms with Crippen LogP contribution in [0.4, 0.5) is 0 Å². The first-order valence-corrected chi connectivity index (χ1v) is 8.67. The molecule has 1 aliphatic carbocycles. The van der Waals surface area contributed by atoms with Crippen molar-refractivity contribution in [3.05, 3.63) is 61.9 Å². The van der Waals surface area contributed by atoms with Gasteiger partial charge in [0.25, 0.3) is 5.91 Å². The van der Waals surface area contributed by atoms with Crippen molar-refractivity contribution in [1.82, 2.24) is 9.88 Å². The number of benzene rings is 1. The molecule has 0 bridgehead atoms. The lowest BCUT2D eigenvalue weighted by Gasteiger charge is -2.23. The van der Waals surface area contributed by atoms with E-state index in [9.17, 15) is 4.79 Å². The van der Waals surface area contributed by atoms with Crippen molar-refractivity contribution in [3.63, 3.8) is 0 Å². The van der Waals surface area contributed by atoms with Crippen LogP contribution in [0.5, 0.6) is 0 Å². The van der Waals surface area contributed by atoms with E-state index >= 15 is 0 Å². The van der Waals surface area contributed by atoms with Gasteiger partial charge >= 0.3 is 0 Å². The number of aromatic nitrogens is 1. The topological polar surface area (TPSA) is 33.2 Å². The van der Waals surface area contributed by atoms with Crippen LogP contribution in [-0.4, -0.2) is 21.8 Å². The maximum absolute atomic E-state index is 12.9. The van der Waals surface area contributed by atoms with E-state index in [0.717, 1.165) is 32.0 Å². The Morgan fingerprint density at radius 1 is 1.38 bits per heavy atom. The summed E-state index contributed by atoms with van der Waals surface area (Å²) in [5.41, 5.74) is 1.80. The van der Waals surface area contributed by atoms with Gasteiger partial charge in [0.2, 0.25) is 0 Å². The van der Waals surface area contributed by atoms with Crippen molar-refractivity contribution in [3.8, 4) is 0 Å². The van der Waals surface area contributed by atoms with Crippen LogP contribution >= 0.6 is 38.5 Å². The molecule has 21 heavy (non-hydrogen) atoms. The predicted octanol–water partition coefficient (Wildman–Crippen LogP) is 4.25. The molecule has 108 valence electrons. The highest BCUT2D eigenvalue weighted by atomic mass is 127. The summed E-state index contributed by atoms with van der Waals surface area (Å²) in [6.07, 6.45) is 5.76. The summed E-state index contributed by atoms with van der Waals surface area (Å²) in [5.74, 6) is 0.0896. The number of nitrogens with zero attached hydrogens (tertiary/aromatic N) is 2. The van der Waals surface area contributed by atoms with Crippen LogP contribution in [0.15, 0.2) is 47.2 Å². The van der Waals surface area contributed by atoms with E-state index in [2.05, 4.69) is 43.5 Å². The van der Waals surface area contributed by atoms with E-state index in [4.69, 9.17) is 0 Å². The van der Waals surface area contributed by atoms with Gasteiger partial charge in [-0.3, -0.25) is 9.78 Å². The summed E-state index contributed by atoms with van der Waals surface area (Å²) in [4.78, 5) is 19.0. The maximum Gasteiger partial charge on any atom is 0.255 e. The summed E-state index contributed by atoms with van der Waals surface area (Å²) in [7, 11) is 0. The van der Waals surface area contributed by atoms with Gasteiger partial charge in [0.05, 0.1) is 5.56 Å². The fourth-order valence-electron chi connectivity index (χ4n) is 2.26. The van der Waals surface area contributed by atoms with Crippen molar-refractivity contribution in [1.29, 1.82) is 0 Å². The summed E-state index contributed by atoms with van der Waals surface area (Å²) in [5, 5.41) is 0. The minimum Gasteiger partial charge on any atom is -0.331 e. The van der Waals surface area contributed by atoms with E-state index in [1.807, 2.05) is 41.4 Å². The number of hydrogen-bond acceptors (Lipinski definition) is 2. The summed E-state index contributed by atoms with van der Waals surface area (Å²) in [6.45, 7) is 0.620. The molecular formula is C16H14BrIN2O. The molecular weight excluding hydrogens is 443 g/mol. The minimum atomic E-state index is 0.0896. The smallest absolute Gasteiger partial charge is 0.255 e. The van der Waals surface area contributed by atoms with Crippen LogP contribution in [-0.2, 0) is 6.54 Å². The van der Waals surface area contributed by atoms with E-state index < -0.39 is 0 Å². The van der Waals surface area contributed by atoms with Crippen LogP contribution < -0.4 is 0 Å². The first kappa shape index (κ1) is 15.0. The summed E-state index contributed by atoms with van der Waals surface area (Å²) < 4.78 is 1.92. The molecule has 3 rings (SSSR count). The largest absolute Gasteiger partial charge is 0.331 e. The van der Waals surface area contributed by atoms with Crippen molar-refractivity contribution in [2.45, 2.75) is 25.4 Å². The van der Waals surface area contributed by atoms with Gasteiger partial charge in [-0.1, -0.05) is 6.07 Å². The minimum absolute atomic E-state index is 0.0896. The molecule has 2 aromatic rings. The highest BCUT2D eigenvalue weighted by Crippen LogP contribution is 2.31. The number of carbonyl (C=O) groups excluding carboxylic acids is 1. The Balaban J connectivity index is 1.87. The average Bonchev–Trinajstić information content (AvgIpc) is 3.32. The fourth-order valence-corrected chi connectivity index (χ4v) is 3.16. The summed E-state index contributed by atoms with van der Waals surface area (Å²) in [6, 6.07) is 10.1. The third-order valence-corrected chi connectivity index (χ3v) is 4.85. The van der Waals surface area contributed by atoms with Crippen molar-refractivity contribution >= 4 is 44.4 Å².